The number of Topliss-reactive ketones (excluding diaryl/α,β-unsaturated/α-hetero) is 1. The van der Waals surface area contributed by atoms with Gasteiger partial charge in [0.1, 0.15) is 36.0 Å². The van der Waals surface area contributed by atoms with Crippen molar-refractivity contribution in [2.24, 2.45) is 34.2 Å². The van der Waals surface area contributed by atoms with E-state index < -0.39 is 107 Å². The van der Waals surface area contributed by atoms with Gasteiger partial charge < -0.3 is 68.6 Å². The summed E-state index contributed by atoms with van der Waals surface area (Å²) in [4.78, 5) is 122. The number of likely N-dealkylation sites (N-methyl/N-ethyl adjacent to an activating group) is 1. The number of aromatic nitrogens is 2. The van der Waals surface area contributed by atoms with Gasteiger partial charge in [-0.05, 0) is 68.7 Å². The molecule has 0 bridgehead atoms. The Bertz CT molecular complexity index is 2100. The predicted molar refractivity (Wildman–Crippen MR) is 254 cm³/mol. The average Bonchev–Trinajstić information content (AvgIpc) is 4.02. The number of aliphatic carboxylic acids is 1. The standard InChI is InChI=1S/C46H72N12O11/c1-8-26(5)37(42(65)55-33(21-29-22-50-24-52-29)43(66)58-19-11-13-34(58)38(61)46(69,44(67)68)27(6)9-2)57-40(63)32(20-28-14-16-30(59)17-15-28)54-41(64)36(25(3)4)56-39(62)31(53-35(60)23-49-7)12-10-18-51-45(47)48/h14-17,22,24-27,31-34,36-37,49,59,69H,8-13,18-21,23H2,1-7H3,(H,50,52)(H,53,60)(H,54,64)(H,55,65)(H,56,62)(H,57,63)(H,67,68)(H4,47,48,51)/t26-,27?,31-,32-,33-,34-,36-,37-,46?/m0/s1. The lowest BCUT2D eigenvalue weighted by Crippen LogP contribution is -2.62. The number of phenols is 1. The van der Waals surface area contributed by atoms with Gasteiger partial charge in [-0.3, -0.25) is 38.6 Å². The first-order chi connectivity index (χ1) is 32.6. The van der Waals surface area contributed by atoms with Gasteiger partial charge in [-0.25, -0.2) is 9.78 Å². The number of carbonyl (C=O) groups excluding carboxylic acids is 7. The van der Waals surface area contributed by atoms with Crippen molar-refractivity contribution in [1.82, 2.24) is 46.8 Å². The number of carbonyl (C=O) groups is 8. The summed E-state index contributed by atoms with van der Waals surface area (Å²) in [6, 6.07) is -1.77. The van der Waals surface area contributed by atoms with Crippen LogP contribution in [0, 0.1) is 17.8 Å². The number of aromatic amines is 1. The van der Waals surface area contributed by atoms with Crippen LogP contribution in [0.4, 0.5) is 0 Å². The van der Waals surface area contributed by atoms with Crippen LogP contribution in [0.2, 0.25) is 0 Å². The molecule has 0 radical (unpaired) electrons. The molecule has 14 N–H and O–H groups in total. The van der Waals surface area contributed by atoms with Crippen LogP contribution in [-0.4, -0.2) is 152 Å². The molecule has 1 aliphatic heterocycles. The highest BCUT2D eigenvalue weighted by molar-refractivity contribution is 6.10. The maximum atomic E-state index is 14.5. The SMILES string of the molecule is CCC(C)C(O)(C(=O)O)C(=O)[C@@H]1CCCN1C(=O)[C@H](Cc1cnc[nH]1)NC(=O)[C@@H](NC(=O)[C@H](Cc1ccc(O)cc1)NC(=O)[C@@H](NC(=O)[C@H](CCCN=C(N)N)NC(=O)CNC)C(C)C)[C@@H](C)CC. The highest BCUT2D eigenvalue weighted by Gasteiger charge is 2.54. The number of hydrogen-bond acceptors (Lipinski definition) is 13. The largest absolute Gasteiger partial charge is 0.508 e. The fourth-order valence-electron chi connectivity index (χ4n) is 7.95. The van der Waals surface area contributed by atoms with E-state index in [4.69, 9.17) is 11.5 Å². The van der Waals surface area contributed by atoms with Crippen molar-refractivity contribution in [3.05, 3.63) is 48.0 Å². The van der Waals surface area contributed by atoms with E-state index in [2.05, 4.69) is 46.9 Å². The van der Waals surface area contributed by atoms with Crippen LogP contribution in [0.5, 0.6) is 5.75 Å². The molecule has 1 aromatic heterocycles. The third kappa shape index (κ3) is 16.0. The number of carboxylic acid groups (broad SMARTS) is 1. The van der Waals surface area contributed by atoms with E-state index in [-0.39, 0.29) is 63.4 Å². The molecule has 0 aliphatic carbocycles. The van der Waals surface area contributed by atoms with E-state index >= 15 is 0 Å². The average molecular weight is 969 g/mol. The predicted octanol–water partition coefficient (Wildman–Crippen LogP) is -1.28. The molecule has 3 rings (SSSR count). The molecule has 1 saturated heterocycles. The number of phenolic OH excluding ortho intramolecular Hbond substituents is 1. The van der Waals surface area contributed by atoms with E-state index in [0.29, 0.717) is 30.5 Å². The van der Waals surface area contributed by atoms with Gasteiger partial charge in [-0.15, -0.1) is 0 Å². The molecule has 6 amide bonds. The molecule has 382 valence electrons. The summed E-state index contributed by atoms with van der Waals surface area (Å²) in [5.74, 6) is -9.27. The van der Waals surface area contributed by atoms with Gasteiger partial charge in [-0.1, -0.05) is 60.1 Å². The number of nitrogens with zero attached hydrogens (tertiary/aromatic N) is 3. The minimum Gasteiger partial charge on any atom is -0.508 e. The zero-order chi connectivity index (χ0) is 51.6. The van der Waals surface area contributed by atoms with Crippen molar-refractivity contribution < 1.29 is 53.7 Å². The van der Waals surface area contributed by atoms with Crippen molar-refractivity contribution in [3.8, 4) is 5.75 Å². The van der Waals surface area contributed by atoms with Gasteiger partial charge in [0.25, 0.3) is 0 Å². The number of H-pyrrole nitrogens is 1. The normalized spacial score (nSPS) is 17.4. The summed E-state index contributed by atoms with van der Waals surface area (Å²) >= 11 is 0. The molecule has 2 unspecified atom stereocenters. The molecule has 2 aromatic rings. The Kier molecular flexibility index (Phi) is 22.0. The van der Waals surface area contributed by atoms with Crippen LogP contribution in [0.15, 0.2) is 41.8 Å². The number of nitrogens with two attached hydrogens (primary N) is 2. The van der Waals surface area contributed by atoms with Gasteiger partial charge in [0.2, 0.25) is 41.0 Å². The Balaban J connectivity index is 1.95. The molecule has 23 nitrogen and oxygen atoms in total. The van der Waals surface area contributed by atoms with Crippen molar-refractivity contribution >= 4 is 53.2 Å². The molecule has 23 heteroatoms. The van der Waals surface area contributed by atoms with E-state index in [1.54, 1.807) is 53.8 Å². The number of aromatic hydroxyl groups is 1. The lowest BCUT2D eigenvalue weighted by atomic mass is 9.80. The Labute approximate surface area is 402 Å². The molecule has 0 spiro atoms. The third-order valence-corrected chi connectivity index (χ3v) is 12.4. The third-order valence-electron chi connectivity index (χ3n) is 12.4. The number of amides is 6. The number of imidazole rings is 1. The van der Waals surface area contributed by atoms with Gasteiger partial charge in [0.05, 0.1) is 18.9 Å². The fraction of sp³-hybridized carbons (Fsp3) is 0.609. The highest BCUT2D eigenvalue weighted by Crippen LogP contribution is 2.30. The first-order valence-electron chi connectivity index (χ1n) is 23.4. The summed E-state index contributed by atoms with van der Waals surface area (Å²) in [6.45, 7) is 10.0. The lowest BCUT2D eigenvalue weighted by molar-refractivity contribution is -0.174. The van der Waals surface area contributed by atoms with Crippen molar-refractivity contribution in [2.75, 3.05) is 26.7 Å². The minimum atomic E-state index is -2.77. The molecule has 1 aliphatic rings. The summed E-state index contributed by atoms with van der Waals surface area (Å²) < 4.78 is 0. The summed E-state index contributed by atoms with van der Waals surface area (Å²) in [7, 11) is 1.56. The Morgan fingerprint density at radius 2 is 1.48 bits per heavy atom. The van der Waals surface area contributed by atoms with Gasteiger partial charge in [0.15, 0.2) is 11.7 Å². The Morgan fingerprint density at radius 1 is 0.855 bits per heavy atom. The number of ketones is 1. The Hall–Kier alpha value is -6.62. The molecule has 0 saturated carbocycles. The Morgan fingerprint density at radius 3 is 2.04 bits per heavy atom. The van der Waals surface area contributed by atoms with E-state index in [0.717, 1.165) is 0 Å². The first-order valence-corrected chi connectivity index (χ1v) is 23.4. The van der Waals surface area contributed by atoms with E-state index in [9.17, 15) is 53.7 Å². The van der Waals surface area contributed by atoms with Crippen LogP contribution < -0.4 is 43.4 Å². The minimum absolute atomic E-state index is 0.0356. The van der Waals surface area contributed by atoms with Crippen LogP contribution in [0.25, 0.3) is 0 Å². The van der Waals surface area contributed by atoms with E-state index in [1.165, 1.54) is 36.5 Å². The number of aliphatic imine (C=N–C) groups is 1. The van der Waals surface area contributed by atoms with Crippen LogP contribution in [0.3, 0.4) is 0 Å². The zero-order valence-electron chi connectivity index (χ0n) is 40.5. The smallest absolute Gasteiger partial charge is 0.343 e. The van der Waals surface area contributed by atoms with Gasteiger partial charge in [-0.2, -0.15) is 0 Å². The number of likely N-dealkylation sites (tertiary alicyclic amines) is 1. The van der Waals surface area contributed by atoms with Crippen molar-refractivity contribution in [1.29, 1.82) is 0 Å². The molecule has 2 heterocycles. The number of benzene rings is 1. The number of guanidine groups is 1. The topological polar surface area (TPSA) is 366 Å². The number of carboxylic acids is 1. The quantitative estimate of drug-likeness (QED) is 0.0205. The molecule has 69 heavy (non-hydrogen) atoms. The summed E-state index contributed by atoms with van der Waals surface area (Å²) in [6.07, 6.45) is 3.88. The zero-order valence-corrected chi connectivity index (χ0v) is 40.5. The molecule has 1 fully saturated rings. The molecular formula is C46H72N12O11. The van der Waals surface area contributed by atoms with Crippen molar-refractivity contribution in [2.45, 2.75) is 135 Å². The van der Waals surface area contributed by atoms with Gasteiger partial charge in [0, 0.05) is 43.7 Å². The number of hydrogen-bond donors (Lipinski definition) is 12. The molecular weight excluding hydrogens is 897 g/mol. The van der Waals surface area contributed by atoms with Crippen molar-refractivity contribution in [3.63, 3.8) is 0 Å². The first kappa shape index (κ1) is 56.7. The maximum absolute atomic E-state index is 14.5. The second-order valence-electron chi connectivity index (χ2n) is 17.9. The van der Waals surface area contributed by atoms with Crippen LogP contribution in [-0.2, 0) is 51.2 Å². The lowest BCUT2D eigenvalue weighted by Gasteiger charge is -2.35. The second kappa shape index (κ2) is 26.8. The summed E-state index contributed by atoms with van der Waals surface area (Å²) in [5.41, 5.74) is 9.04. The van der Waals surface area contributed by atoms with Crippen LogP contribution in [0.1, 0.15) is 91.3 Å². The number of aliphatic hydroxyl groups is 1. The molecule has 9 atom stereocenters. The van der Waals surface area contributed by atoms with Crippen LogP contribution >= 0.6 is 0 Å². The number of nitrogens with one attached hydrogen (secondary N) is 7. The van der Waals surface area contributed by atoms with E-state index in [1.807, 2.05) is 0 Å². The summed E-state index contributed by atoms with van der Waals surface area (Å²) in [5, 5.41) is 47.6. The molecule has 1 aromatic carbocycles. The highest BCUT2D eigenvalue weighted by atomic mass is 16.4. The second-order valence-corrected chi connectivity index (χ2v) is 17.9. The fourth-order valence-corrected chi connectivity index (χ4v) is 7.95. The maximum Gasteiger partial charge on any atom is 0.343 e. The van der Waals surface area contributed by atoms with Gasteiger partial charge >= 0.3 is 5.97 Å². The monoisotopic (exact) mass is 969 g/mol. The number of rotatable bonds is 28.